The molecule has 0 heterocycles. The van der Waals surface area contributed by atoms with Gasteiger partial charge in [-0.2, -0.15) is 10.2 Å². The van der Waals surface area contributed by atoms with E-state index < -0.39 is 0 Å². The van der Waals surface area contributed by atoms with Crippen LogP contribution in [0.2, 0.25) is 0 Å². The van der Waals surface area contributed by atoms with Crippen molar-refractivity contribution in [2.24, 2.45) is 10.2 Å². The van der Waals surface area contributed by atoms with Crippen molar-refractivity contribution in [2.75, 3.05) is 6.61 Å². The molecule has 0 radical (unpaired) electrons. The quantitative estimate of drug-likeness (QED) is 0.249. The molecule has 0 atom stereocenters. The van der Waals surface area contributed by atoms with Gasteiger partial charge in [-0.15, -0.1) is 0 Å². The lowest BCUT2D eigenvalue weighted by molar-refractivity contribution is 0.340. The number of benzene rings is 4. The van der Waals surface area contributed by atoms with Crippen molar-refractivity contribution in [1.29, 1.82) is 0 Å². The first-order valence-electron chi connectivity index (χ1n) is 10.5. The van der Waals surface area contributed by atoms with E-state index in [1.165, 1.54) is 16.3 Å². The Labute approximate surface area is 183 Å². The summed E-state index contributed by atoms with van der Waals surface area (Å²) in [5.74, 6) is 7.32. The van der Waals surface area contributed by atoms with E-state index in [1.807, 2.05) is 55.5 Å². The molecule has 31 heavy (non-hydrogen) atoms. The molecule has 0 saturated heterocycles. The summed E-state index contributed by atoms with van der Waals surface area (Å²) in [6.07, 6.45) is 1.05. The Bertz CT molecular complexity index is 1260. The van der Waals surface area contributed by atoms with Crippen molar-refractivity contribution in [2.45, 2.75) is 20.3 Å². The number of hydrogen-bond donors (Lipinski definition) is 0. The molecule has 3 heteroatoms. The minimum atomic E-state index is 0.650. The molecular formula is C28H24N2O. The van der Waals surface area contributed by atoms with E-state index in [9.17, 15) is 0 Å². The highest BCUT2D eigenvalue weighted by molar-refractivity contribution is 5.84. The second-order valence-corrected chi connectivity index (χ2v) is 7.17. The molecule has 0 saturated carbocycles. The number of nitrogens with zero attached hydrogens (tertiary/aromatic N) is 2. The zero-order valence-electron chi connectivity index (χ0n) is 17.8. The Morgan fingerprint density at radius 3 is 1.90 bits per heavy atom. The molecule has 0 amide bonds. The van der Waals surface area contributed by atoms with Crippen LogP contribution in [0.5, 0.6) is 5.75 Å². The number of ether oxygens (including phenoxy) is 1. The van der Waals surface area contributed by atoms with E-state index >= 15 is 0 Å². The molecule has 4 aromatic rings. The molecule has 0 fully saturated rings. The van der Waals surface area contributed by atoms with Gasteiger partial charge in [0.05, 0.1) is 18.0 Å². The van der Waals surface area contributed by atoms with Gasteiger partial charge in [0, 0.05) is 11.1 Å². The molecule has 0 unspecified atom stereocenters. The first kappa shape index (κ1) is 20.4. The van der Waals surface area contributed by atoms with E-state index in [-0.39, 0.29) is 0 Å². The molecule has 4 rings (SSSR count). The number of azo groups is 1. The maximum absolute atomic E-state index is 5.44. The van der Waals surface area contributed by atoms with Crippen molar-refractivity contribution in [1.82, 2.24) is 0 Å². The van der Waals surface area contributed by atoms with Crippen LogP contribution < -0.4 is 4.74 Å². The fourth-order valence-corrected chi connectivity index (χ4v) is 3.24. The maximum Gasteiger partial charge on any atom is 0.119 e. The Hall–Kier alpha value is -3.90. The molecule has 0 spiro atoms. The van der Waals surface area contributed by atoms with E-state index in [0.717, 1.165) is 34.7 Å². The summed E-state index contributed by atoms with van der Waals surface area (Å²) < 4.78 is 5.44. The predicted octanol–water partition coefficient (Wildman–Crippen LogP) is 7.62. The summed E-state index contributed by atoms with van der Waals surface area (Å²) in [5.41, 5.74) is 4.88. The van der Waals surface area contributed by atoms with Crippen LogP contribution in [0.3, 0.4) is 0 Å². The van der Waals surface area contributed by atoms with Crippen LogP contribution >= 0.6 is 0 Å². The largest absolute Gasteiger partial charge is 0.494 e. The van der Waals surface area contributed by atoms with Gasteiger partial charge in [-0.25, -0.2) is 0 Å². The van der Waals surface area contributed by atoms with Gasteiger partial charge in [-0.1, -0.05) is 43.0 Å². The Morgan fingerprint density at radius 2 is 1.23 bits per heavy atom. The molecule has 0 aliphatic heterocycles. The second-order valence-electron chi connectivity index (χ2n) is 7.17. The standard InChI is InChI=1S/C28H24N2O/c1-3-21-7-11-25-20-23(8-12-24(25)19-21)6-5-22-9-13-26(14-10-22)29-30-27-15-17-28(18-16-27)31-4-2/h7-20H,3-4H2,1-2H3. The Kier molecular flexibility index (Phi) is 6.40. The third-order valence-electron chi connectivity index (χ3n) is 4.96. The van der Waals surface area contributed by atoms with Crippen molar-refractivity contribution >= 4 is 22.1 Å². The van der Waals surface area contributed by atoms with Gasteiger partial charge in [-0.3, -0.25) is 0 Å². The number of fused-ring (bicyclic) bond motifs is 1. The first-order chi connectivity index (χ1) is 15.2. The number of aryl methyl sites for hydroxylation is 1. The Morgan fingerprint density at radius 1 is 0.645 bits per heavy atom. The lowest BCUT2D eigenvalue weighted by atomic mass is 10.0. The average molecular weight is 405 g/mol. The van der Waals surface area contributed by atoms with E-state index in [0.29, 0.717) is 6.61 Å². The van der Waals surface area contributed by atoms with Crippen LogP contribution in [0.1, 0.15) is 30.5 Å². The van der Waals surface area contributed by atoms with Crippen molar-refractivity contribution in [3.8, 4) is 17.6 Å². The third kappa shape index (κ3) is 5.38. The zero-order valence-corrected chi connectivity index (χ0v) is 17.8. The van der Waals surface area contributed by atoms with Gasteiger partial charge >= 0.3 is 0 Å². The average Bonchev–Trinajstić information content (AvgIpc) is 2.82. The van der Waals surface area contributed by atoms with E-state index in [1.54, 1.807) is 0 Å². The summed E-state index contributed by atoms with van der Waals surface area (Å²) in [4.78, 5) is 0. The number of hydrogen-bond acceptors (Lipinski definition) is 3. The summed E-state index contributed by atoms with van der Waals surface area (Å²) in [6.45, 7) is 4.79. The van der Waals surface area contributed by atoms with Gasteiger partial charge in [-0.05, 0) is 90.3 Å². The van der Waals surface area contributed by atoms with Crippen LogP contribution in [0.15, 0.2) is 95.2 Å². The minimum absolute atomic E-state index is 0.650. The van der Waals surface area contributed by atoms with Crippen molar-refractivity contribution < 1.29 is 4.74 Å². The molecule has 0 aliphatic rings. The molecule has 0 aromatic heterocycles. The topological polar surface area (TPSA) is 34.0 Å². The molecular weight excluding hydrogens is 380 g/mol. The molecule has 0 bridgehead atoms. The third-order valence-corrected chi connectivity index (χ3v) is 4.96. The monoisotopic (exact) mass is 404 g/mol. The van der Waals surface area contributed by atoms with Crippen LogP contribution in [0, 0.1) is 11.8 Å². The van der Waals surface area contributed by atoms with Crippen LogP contribution in [-0.2, 0) is 6.42 Å². The normalized spacial score (nSPS) is 10.8. The molecule has 3 nitrogen and oxygen atoms in total. The summed E-state index contributed by atoms with van der Waals surface area (Å²) >= 11 is 0. The summed E-state index contributed by atoms with van der Waals surface area (Å²) in [6, 6.07) is 28.3. The van der Waals surface area contributed by atoms with E-state index in [4.69, 9.17) is 4.74 Å². The Balaban J connectivity index is 1.44. The van der Waals surface area contributed by atoms with Crippen molar-refractivity contribution in [3.05, 3.63) is 102 Å². The van der Waals surface area contributed by atoms with E-state index in [2.05, 4.69) is 65.4 Å². The lowest BCUT2D eigenvalue weighted by Gasteiger charge is -2.02. The molecule has 152 valence electrons. The smallest absolute Gasteiger partial charge is 0.119 e. The summed E-state index contributed by atoms with van der Waals surface area (Å²) in [5, 5.41) is 11.0. The van der Waals surface area contributed by atoms with Gasteiger partial charge < -0.3 is 4.74 Å². The van der Waals surface area contributed by atoms with Crippen LogP contribution in [0.4, 0.5) is 11.4 Å². The fraction of sp³-hybridized carbons (Fsp3) is 0.143. The second kappa shape index (κ2) is 9.73. The highest BCUT2D eigenvalue weighted by atomic mass is 16.5. The van der Waals surface area contributed by atoms with Gasteiger partial charge in [0.1, 0.15) is 5.75 Å². The lowest BCUT2D eigenvalue weighted by Crippen LogP contribution is -1.89. The highest BCUT2D eigenvalue weighted by Gasteiger charge is 1.97. The van der Waals surface area contributed by atoms with Crippen LogP contribution in [0.25, 0.3) is 10.8 Å². The SMILES string of the molecule is CCOc1ccc(N=Nc2ccc(C#Cc3ccc4cc(CC)ccc4c3)cc2)cc1. The predicted molar refractivity (Wildman–Crippen MR) is 128 cm³/mol. The molecule has 0 aliphatic carbocycles. The van der Waals surface area contributed by atoms with Crippen LogP contribution in [-0.4, -0.2) is 6.61 Å². The number of rotatable bonds is 5. The first-order valence-corrected chi connectivity index (χ1v) is 10.5. The highest BCUT2D eigenvalue weighted by Crippen LogP contribution is 2.22. The van der Waals surface area contributed by atoms with Gasteiger partial charge in [0.25, 0.3) is 0 Å². The minimum Gasteiger partial charge on any atom is -0.494 e. The summed E-state index contributed by atoms with van der Waals surface area (Å²) in [7, 11) is 0. The van der Waals surface area contributed by atoms with Gasteiger partial charge in [0.2, 0.25) is 0 Å². The molecule has 4 aromatic carbocycles. The fourth-order valence-electron chi connectivity index (χ4n) is 3.24. The van der Waals surface area contributed by atoms with Gasteiger partial charge in [0.15, 0.2) is 0 Å². The zero-order chi connectivity index (χ0) is 21.5. The van der Waals surface area contributed by atoms with Crippen molar-refractivity contribution in [3.63, 3.8) is 0 Å². The maximum atomic E-state index is 5.44. The molecule has 0 N–H and O–H groups in total.